The number of fused-ring (bicyclic) bond motifs is 1. The number of piperazine rings is 1. The van der Waals surface area contributed by atoms with Crippen molar-refractivity contribution in [1.82, 2.24) is 19.6 Å². The highest BCUT2D eigenvalue weighted by atomic mass is 15.2. The summed E-state index contributed by atoms with van der Waals surface area (Å²) in [5, 5.41) is 3.44. The second-order valence-corrected chi connectivity index (χ2v) is 4.36. The van der Waals surface area contributed by atoms with Crippen molar-refractivity contribution in [2.24, 2.45) is 0 Å². The molecular weight excluding hydrogens is 200 g/mol. The Morgan fingerprint density at radius 2 is 2.38 bits per heavy atom. The number of hydrogen-bond acceptors (Lipinski definition) is 3. The number of nitrogens with one attached hydrogen (secondary N) is 1. The first kappa shape index (κ1) is 9.81. The van der Waals surface area contributed by atoms with Crippen LogP contribution in [0.5, 0.6) is 0 Å². The van der Waals surface area contributed by atoms with Gasteiger partial charge in [-0.25, -0.2) is 4.98 Å². The molecule has 4 nitrogen and oxygen atoms in total. The lowest BCUT2D eigenvalue weighted by molar-refractivity contribution is 0.202. The lowest BCUT2D eigenvalue weighted by Crippen LogP contribution is -2.43. The van der Waals surface area contributed by atoms with Crippen molar-refractivity contribution in [1.29, 1.82) is 0 Å². The zero-order chi connectivity index (χ0) is 11.0. The van der Waals surface area contributed by atoms with Crippen molar-refractivity contribution >= 4 is 5.65 Å². The van der Waals surface area contributed by atoms with E-state index in [0.717, 1.165) is 25.3 Å². The molecule has 0 amide bonds. The molecule has 1 unspecified atom stereocenters. The highest BCUT2D eigenvalue weighted by Crippen LogP contribution is 2.20. The van der Waals surface area contributed by atoms with E-state index in [1.165, 1.54) is 5.56 Å². The molecule has 2 aromatic heterocycles. The second-order valence-electron chi connectivity index (χ2n) is 4.36. The maximum Gasteiger partial charge on any atom is 0.136 e. The highest BCUT2D eigenvalue weighted by Gasteiger charge is 2.20. The normalized spacial score (nSPS) is 22.7. The molecule has 1 fully saturated rings. The Morgan fingerprint density at radius 3 is 3.25 bits per heavy atom. The van der Waals surface area contributed by atoms with Gasteiger partial charge < -0.3 is 9.72 Å². The number of rotatable bonds is 1. The fraction of sp³-hybridized carbons (Fsp3) is 0.417. The zero-order valence-corrected chi connectivity index (χ0v) is 9.43. The Bertz CT molecular complexity index is 490. The van der Waals surface area contributed by atoms with Gasteiger partial charge in [-0.3, -0.25) is 4.90 Å². The quantitative estimate of drug-likeness (QED) is 0.769. The smallest absolute Gasteiger partial charge is 0.136 e. The molecule has 0 bridgehead atoms. The Labute approximate surface area is 94.9 Å². The first-order chi connectivity index (χ1) is 7.84. The van der Waals surface area contributed by atoms with Gasteiger partial charge in [0.2, 0.25) is 0 Å². The van der Waals surface area contributed by atoms with E-state index in [1.807, 2.05) is 12.4 Å². The van der Waals surface area contributed by atoms with Crippen LogP contribution >= 0.6 is 0 Å². The van der Waals surface area contributed by atoms with E-state index in [2.05, 4.69) is 45.0 Å². The van der Waals surface area contributed by atoms with Crippen LogP contribution in [0.25, 0.3) is 5.65 Å². The van der Waals surface area contributed by atoms with E-state index in [9.17, 15) is 0 Å². The van der Waals surface area contributed by atoms with E-state index in [-0.39, 0.29) is 0 Å². The van der Waals surface area contributed by atoms with E-state index in [0.29, 0.717) is 6.04 Å². The third-order valence-corrected chi connectivity index (χ3v) is 3.31. The van der Waals surface area contributed by atoms with Crippen molar-refractivity contribution in [2.45, 2.75) is 6.04 Å². The molecule has 16 heavy (non-hydrogen) atoms. The van der Waals surface area contributed by atoms with Gasteiger partial charge in [0.25, 0.3) is 0 Å². The summed E-state index contributed by atoms with van der Waals surface area (Å²) in [6.45, 7) is 3.21. The van der Waals surface area contributed by atoms with Crippen LogP contribution in [0.2, 0.25) is 0 Å². The van der Waals surface area contributed by atoms with Crippen LogP contribution in [-0.2, 0) is 0 Å². The number of aromatic nitrogens is 2. The molecule has 1 aliphatic heterocycles. The number of imidazole rings is 1. The fourth-order valence-electron chi connectivity index (χ4n) is 2.31. The summed E-state index contributed by atoms with van der Waals surface area (Å²) in [5.74, 6) is 0. The first-order valence-corrected chi connectivity index (χ1v) is 5.68. The molecule has 0 aromatic carbocycles. The molecule has 84 valence electrons. The summed E-state index contributed by atoms with van der Waals surface area (Å²) in [6, 6.07) is 4.73. The number of hydrogen-bond donors (Lipinski definition) is 1. The van der Waals surface area contributed by atoms with Crippen LogP contribution in [0.1, 0.15) is 11.6 Å². The second kappa shape index (κ2) is 3.88. The Balaban J connectivity index is 1.97. The number of pyridine rings is 1. The van der Waals surface area contributed by atoms with Crippen LogP contribution in [0, 0.1) is 0 Å². The predicted molar refractivity (Wildman–Crippen MR) is 63.4 cm³/mol. The minimum atomic E-state index is 0.473. The average Bonchev–Trinajstić information content (AvgIpc) is 2.76. The van der Waals surface area contributed by atoms with Crippen molar-refractivity contribution in [3.63, 3.8) is 0 Å². The molecular formula is C12H16N4. The van der Waals surface area contributed by atoms with Gasteiger partial charge in [-0.2, -0.15) is 0 Å². The van der Waals surface area contributed by atoms with E-state index in [1.54, 1.807) is 0 Å². The molecule has 3 rings (SSSR count). The van der Waals surface area contributed by atoms with Gasteiger partial charge in [0.15, 0.2) is 0 Å². The SMILES string of the molecule is CN1CCNCC1c1ccc2nccn2c1. The molecule has 0 aliphatic carbocycles. The molecule has 1 saturated heterocycles. The number of likely N-dealkylation sites (N-methyl/N-ethyl adjacent to an activating group) is 1. The van der Waals surface area contributed by atoms with Crippen LogP contribution in [0.4, 0.5) is 0 Å². The Hall–Kier alpha value is -1.39. The minimum absolute atomic E-state index is 0.473. The third kappa shape index (κ3) is 1.60. The largest absolute Gasteiger partial charge is 0.314 e. The topological polar surface area (TPSA) is 32.6 Å². The maximum atomic E-state index is 4.26. The van der Waals surface area contributed by atoms with E-state index in [4.69, 9.17) is 0 Å². The first-order valence-electron chi connectivity index (χ1n) is 5.68. The minimum Gasteiger partial charge on any atom is -0.314 e. The van der Waals surface area contributed by atoms with Gasteiger partial charge in [-0.1, -0.05) is 6.07 Å². The molecule has 0 spiro atoms. The van der Waals surface area contributed by atoms with Crippen molar-refractivity contribution in [2.75, 3.05) is 26.7 Å². The third-order valence-electron chi connectivity index (χ3n) is 3.31. The molecule has 1 atom stereocenters. The molecule has 1 N–H and O–H groups in total. The summed E-state index contributed by atoms with van der Waals surface area (Å²) in [6.07, 6.45) is 6.01. The van der Waals surface area contributed by atoms with Gasteiger partial charge in [0, 0.05) is 44.3 Å². The van der Waals surface area contributed by atoms with Gasteiger partial charge in [-0.15, -0.1) is 0 Å². The molecule has 2 aromatic rings. The van der Waals surface area contributed by atoms with Crippen LogP contribution in [0.3, 0.4) is 0 Å². The standard InChI is InChI=1S/C12H16N4/c1-15-6-4-13-8-11(15)10-2-3-12-14-5-7-16(12)9-10/h2-3,5,7,9,11,13H,4,6,8H2,1H3. The molecule has 3 heterocycles. The van der Waals surface area contributed by atoms with Gasteiger partial charge >= 0.3 is 0 Å². The number of nitrogens with zero attached hydrogens (tertiary/aromatic N) is 3. The van der Waals surface area contributed by atoms with Crippen molar-refractivity contribution in [3.8, 4) is 0 Å². The van der Waals surface area contributed by atoms with Crippen LogP contribution in [-0.4, -0.2) is 41.0 Å². The highest BCUT2D eigenvalue weighted by molar-refractivity contribution is 5.40. The predicted octanol–water partition coefficient (Wildman–Crippen LogP) is 0.910. The summed E-state index contributed by atoms with van der Waals surface area (Å²) in [5.41, 5.74) is 2.36. The van der Waals surface area contributed by atoms with E-state index < -0.39 is 0 Å². The van der Waals surface area contributed by atoms with Gasteiger partial charge in [-0.05, 0) is 18.7 Å². The van der Waals surface area contributed by atoms with Crippen molar-refractivity contribution < 1.29 is 0 Å². The molecule has 1 aliphatic rings. The molecule has 0 radical (unpaired) electrons. The zero-order valence-electron chi connectivity index (χ0n) is 9.43. The summed E-state index contributed by atoms with van der Waals surface area (Å²) in [7, 11) is 2.18. The summed E-state index contributed by atoms with van der Waals surface area (Å²) < 4.78 is 2.08. The fourth-order valence-corrected chi connectivity index (χ4v) is 2.31. The maximum absolute atomic E-state index is 4.26. The molecule has 4 heteroatoms. The lowest BCUT2D eigenvalue weighted by atomic mass is 10.1. The lowest BCUT2D eigenvalue weighted by Gasteiger charge is -2.33. The Morgan fingerprint density at radius 1 is 1.44 bits per heavy atom. The Kier molecular flexibility index (Phi) is 2.38. The van der Waals surface area contributed by atoms with E-state index >= 15 is 0 Å². The van der Waals surface area contributed by atoms with Gasteiger partial charge in [0.1, 0.15) is 5.65 Å². The monoisotopic (exact) mass is 216 g/mol. The van der Waals surface area contributed by atoms with Crippen LogP contribution < -0.4 is 5.32 Å². The van der Waals surface area contributed by atoms with Crippen LogP contribution in [0.15, 0.2) is 30.7 Å². The average molecular weight is 216 g/mol. The van der Waals surface area contributed by atoms with Crippen molar-refractivity contribution in [3.05, 3.63) is 36.3 Å². The summed E-state index contributed by atoms with van der Waals surface area (Å²) in [4.78, 5) is 6.66. The summed E-state index contributed by atoms with van der Waals surface area (Å²) >= 11 is 0. The van der Waals surface area contributed by atoms with Gasteiger partial charge in [0.05, 0.1) is 0 Å². The molecule has 0 saturated carbocycles.